The molecule has 4 aromatic rings. The molecule has 1 N–H and O–H groups in total. The number of nitrogens with zero attached hydrogens (tertiary/aromatic N) is 3. The monoisotopic (exact) mass is 486 g/mol. The van der Waals surface area contributed by atoms with Crippen molar-refractivity contribution in [2.45, 2.75) is 24.8 Å². The van der Waals surface area contributed by atoms with E-state index >= 15 is 0 Å². The van der Waals surface area contributed by atoms with Gasteiger partial charge in [0.2, 0.25) is 0 Å². The normalized spacial score (nSPS) is 14.4. The van der Waals surface area contributed by atoms with Gasteiger partial charge in [0.15, 0.2) is 5.58 Å². The van der Waals surface area contributed by atoms with Crippen molar-refractivity contribution in [3.8, 4) is 0 Å². The molecule has 7 heteroatoms. The summed E-state index contributed by atoms with van der Waals surface area (Å²) in [6, 6.07) is 21.7. The number of amides is 1. The Labute approximate surface area is 210 Å². The number of thioether (sulfide) groups is 1. The highest BCUT2D eigenvalue weighted by Crippen LogP contribution is 2.28. The maximum atomic E-state index is 13.2. The van der Waals surface area contributed by atoms with E-state index in [9.17, 15) is 4.79 Å². The van der Waals surface area contributed by atoms with Crippen LogP contribution in [0.3, 0.4) is 0 Å². The quantitative estimate of drug-likeness (QED) is 0.332. The predicted molar refractivity (Wildman–Crippen MR) is 143 cm³/mol. The Kier molecular flexibility index (Phi) is 7.06. The van der Waals surface area contributed by atoms with Crippen molar-refractivity contribution in [2.24, 2.45) is 0 Å². The summed E-state index contributed by atoms with van der Waals surface area (Å²) < 4.78 is 5.82. The number of carbonyl (C=O) groups is 1. The molecule has 0 radical (unpaired) electrons. The fraction of sp³-hybridized carbons (Fsp3) is 0.286. The van der Waals surface area contributed by atoms with Gasteiger partial charge in [0.1, 0.15) is 5.52 Å². The van der Waals surface area contributed by atoms with Gasteiger partial charge in [-0.1, -0.05) is 49.0 Å². The van der Waals surface area contributed by atoms with Crippen molar-refractivity contribution in [3.63, 3.8) is 0 Å². The van der Waals surface area contributed by atoms with E-state index in [2.05, 4.69) is 46.1 Å². The Bertz CT molecular complexity index is 1290. The first-order chi connectivity index (χ1) is 17.1. The molecular weight excluding hydrogens is 456 g/mol. The molecule has 0 unspecified atom stereocenters. The summed E-state index contributed by atoms with van der Waals surface area (Å²) in [7, 11) is 0. The van der Waals surface area contributed by atoms with Crippen LogP contribution in [0.5, 0.6) is 0 Å². The van der Waals surface area contributed by atoms with Crippen molar-refractivity contribution in [1.82, 2.24) is 9.88 Å². The van der Waals surface area contributed by atoms with Crippen molar-refractivity contribution >= 4 is 40.1 Å². The van der Waals surface area contributed by atoms with E-state index in [1.165, 1.54) is 17.4 Å². The second kappa shape index (κ2) is 10.5. The summed E-state index contributed by atoms with van der Waals surface area (Å²) in [6.45, 7) is 9.61. The molecule has 1 aliphatic rings. The predicted octanol–water partition coefficient (Wildman–Crippen LogP) is 5.82. The van der Waals surface area contributed by atoms with Crippen molar-refractivity contribution in [3.05, 3.63) is 83.4 Å². The van der Waals surface area contributed by atoms with Gasteiger partial charge in [0.25, 0.3) is 11.1 Å². The van der Waals surface area contributed by atoms with Crippen molar-refractivity contribution in [2.75, 3.05) is 42.9 Å². The summed E-state index contributed by atoms with van der Waals surface area (Å²) in [4.78, 5) is 22.6. The molecule has 3 aromatic carbocycles. The first kappa shape index (κ1) is 23.5. The third-order valence-corrected chi connectivity index (χ3v) is 7.41. The minimum atomic E-state index is -0.105. The minimum Gasteiger partial charge on any atom is -0.431 e. The van der Waals surface area contributed by atoms with E-state index in [0.717, 1.165) is 60.6 Å². The minimum absolute atomic E-state index is 0.105. The van der Waals surface area contributed by atoms with Crippen LogP contribution in [0, 0.1) is 6.92 Å². The zero-order chi connectivity index (χ0) is 24.2. The number of oxazole rings is 1. The number of fused-ring (bicyclic) bond motifs is 1. The molecule has 1 fully saturated rings. The average Bonchev–Trinajstić information content (AvgIpc) is 3.32. The number of nitrogens with one attached hydrogen (secondary N) is 1. The van der Waals surface area contributed by atoms with Gasteiger partial charge in [-0.25, -0.2) is 4.98 Å². The molecule has 6 nitrogen and oxygen atoms in total. The number of anilines is 2. The fourth-order valence-electron chi connectivity index (χ4n) is 4.42. The zero-order valence-electron chi connectivity index (χ0n) is 20.2. The van der Waals surface area contributed by atoms with Crippen LogP contribution in [0.25, 0.3) is 11.1 Å². The Hall–Kier alpha value is -3.29. The van der Waals surface area contributed by atoms with Gasteiger partial charge >= 0.3 is 0 Å². The SMILES string of the molecule is CCN1CCN(c2ccc(NC(=O)c3ccccc3CSc3nc4ccccc4o3)c(C)c2)CC1. The van der Waals surface area contributed by atoms with E-state index < -0.39 is 0 Å². The summed E-state index contributed by atoms with van der Waals surface area (Å²) in [5.41, 5.74) is 6.33. The van der Waals surface area contributed by atoms with Gasteiger partial charge in [-0.2, -0.15) is 0 Å². The first-order valence-electron chi connectivity index (χ1n) is 12.1. The number of likely N-dealkylation sites (N-methyl/N-ethyl adjacent to an activating group) is 1. The summed E-state index contributed by atoms with van der Waals surface area (Å²) in [5.74, 6) is 0.490. The topological polar surface area (TPSA) is 61.6 Å². The molecule has 2 heterocycles. The van der Waals surface area contributed by atoms with Crippen LogP contribution in [0.1, 0.15) is 28.4 Å². The lowest BCUT2D eigenvalue weighted by molar-refractivity contribution is 0.102. The lowest BCUT2D eigenvalue weighted by Crippen LogP contribution is -2.46. The molecule has 35 heavy (non-hydrogen) atoms. The van der Waals surface area contributed by atoms with E-state index in [-0.39, 0.29) is 5.91 Å². The van der Waals surface area contributed by atoms with Gasteiger partial charge in [-0.05, 0) is 61.0 Å². The average molecular weight is 487 g/mol. The van der Waals surface area contributed by atoms with Crippen LogP contribution in [-0.4, -0.2) is 48.5 Å². The van der Waals surface area contributed by atoms with Crippen LogP contribution in [0.4, 0.5) is 11.4 Å². The number of carbonyl (C=O) groups excluding carboxylic acids is 1. The summed E-state index contributed by atoms with van der Waals surface area (Å²) >= 11 is 1.49. The molecule has 0 spiro atoms. The molecule has 1 aromatic heterocycles. The number of piperazine rings is 1. The van der Waals surface area contributed by atoms with Crippen LogP contribution in [0.15, 0.2) is 76.4 Å². The number of hydrogen-bond donors (Lipinski definition) is 1. The van der Waals surface area contributed by atoms with Crippen LogP contribution >= 0.6 is 11.8 Å². The number of benzene rings is 3. The maximum Gasteiger partial charge on any atom is 0.257 e. The molecular formula is C28H30N4O2S. The standard InChI is InChI=1S/C28H30N4O2S/c1-3-31-14-16-32(17-15-31)22-12-13-24(20(2)18-22)29-27(33)23-9-5-4-8-21(23)19-35-28-30-25-10-6-7-11-26(25)34-28/h4-13,18H,3,14-17,19H2,1-2H3,(H,29,33). The highest BCUT2D eigenvalue weighted by molar-refractivity contribution is 7.98. The van der Waals surface area contributed by atoms with Gasteiger partial charge in [0.05, 0.1) is 0 Å². The van der Waals surface area contributed by atoms with Gasteiger partial charge in [-0.15, -0.1) is 0 Å². The van der Waals surface area contributed by atoms with Gasteiger partial charge in [0, 0.05) is 48.9 Å². The number of hydrogen-bond acceptors (Lipinski definition) is 6. The Balaban J connectivity index is 1.26. The Morgan fingerprint density at radius 2 is 1.80 bits per heavy atom. The third kappa shape index (κ3) is 5.36. The lowest BCUT2D eigenvalue weighted by atomic mass is 10.1. The second-order valence-corrected chi connectivity index (χ2v) is 9.69. The van der Waals surface area contributed by atoms with Crippen LogP contribution < -0.4 is 10.2 Å². The molecule has 5 rings (SSSR count). The Morgan fingerprint density at radius 1 is 1.03 bits per heavy atom. The zero-order valence-corrected chi connectivity index (χ0v) is 21.0. The fourth-order valence-corrected chi connectivity index (χ4v) is 5.26. The van der Waals surface area contributed by atoms with Crippen molar-refractivity contribution in [1.29, 1.82) is 0 Å². The van der Waals surface area contributed by atoms with Gasteiger partial charge < -0.3 is 19.5 Å². The van der Waals surface area contributed by atoms with E-state index in [1.807, 2.05) is 54.6 Å². The molecule has 1 amide bonds. The Morgan fingerprint density at radius 3 is 2.57 bits per heavy atom. The third-order valence-electron chi connectivity index (χ3n) is 6.53. The molecule has 1 aliphatic heterocycles. The number of aromatic nitrogens is 1. The molecule has 180 valence electrons. The van der Waals surface area contributed by atoms with Crippen LogP contribution in [-0.2, 0) is 5.75 Å². The maximum absolute atomic E-state index is 13.2. The van der Waals surface area contributed by atoms with Gasteiger partial charge in [-0.3, -0.25) is 4.79 Å². The molecule has 1 saturated heterocycles. The number of para-hydroxylation sites is 2. The number of rotatable bonds is 7. The van der Waals surface area contributed by atoms with Crippen molar-refractivity contribution < 1.29 is 9.21 Å². The first-order valence-corrected chi connectivity index (χ1v) is 13.0. The highest BCUT2D eigenvalue weighted by atomic mass is 32.2. The van der Waals surface area contributed by atoms with E-state index in [4.69, 9.17) is 4.42 Å². The molecule has 0 bridgehead atoms. The lowest BCUT2D eigenvalue weighted by Gasteiger charge is -2.35. The second-order valence-electron chi connectivity index (χ2n) is 8.77. The summed E-state index contributed by atoms with van der Waals surface area (Å²) in [5, 5.41) is 3.72. The van der Waals surface area contributed by atoms with E-state index in [0.29, 0.717) is 16.5 Å². The smallest absolute Gasteiger partial charge is 0.257 e. The highest BCUT2D eigenvalue weighted by Gasteiger charge is 2.18. The summed E-state index contributed by atoms with van der Waals surface area (Å²) in [6.07, 6.45) is 0. The molecule has 0 saturated carbocycles. The van der Waals surface area contributed by atoms with Crippen LogP contribution in [0.2, 0.25) is 0 Å². The molecule has 0 atom stereocenters. The molecule has 0 aliphatic carbocycles. The largest absolute Gasteiger partial charge is 0.431 e. The van der Waals surface area contributed by atoms with E-state index in [1.54, 1.807) is 0 Å². The number of aryl methyl sites for hydroxylation is 1.